The Morgan fingerprint density at radius 3 is 2.67 bits per heavy atom. The van der Waals surface area contributed by atoms with Gasteiger partial charge >= 0.3 is 6.09 Å². The fourth-order valence-electron chi connectivity index (χ4n) is 4.27. The molecule has 2 aromatic rings. The summed E-state index contributed by atoms with van der Waals surface area (Å²) >= 11 is 0. The van der Waals surface area contributed by atoms with E-state index in [1.807, 2.05) is 28.0 Å². The lowest BCUT2D eigenvalue weighted by Gasteiger charge is -2.37. The predicted octanol–water partition coefficient (Wildman–Crippen LogP) is 3.32. The van der Waals surface area contributed by atoms with E-state index in [0.717, 1.165) is 0 Å². The first-order valence-electron chi connectivity index (χ1n) is 10.3. The monoisotopic (exact) mass is 409 g/mol. The van der Waals surface area contributed by atoms with Crippen LogP contribution in [0.2, 0.25) is 0 Å². The number of nitrogens with zero attached hydrogens (tertiary/aromatic N) is 3. The molecule has 0 bridgehead atoms. The minimum absolute atomic E-state index is 0.0515. The Morgan fingerprint density at radius 1 is 1.23 bits per heavy atom. The first-order valence-corrected chi connectivity index (χ1v) is 10.3. The molecule has 158 valence electrons. The quantitative estimate of drug-likeness (QED) is 0.758. The third-order valence-electron chi connectivity index (χ3n) is 6.06. The average molecular weight is 409 g/mol. The van der Waals surface area contributed by atoms with Gasteiger partial charge in [-0.3, -0.25) is 4.79 Å². The zero-order valence-electron chi connectivity index (χ0n) is 17.4. The molecule has 1 atom stereocenters. The maximum atomic E-state index is 12.8. The fraction of sp³-hybridized carbons (Fsp3) is 0.435. The van der Waals surface area contributed by atoms with E-state index >= 15 is 0 Å². The normalized spacial score (nSPS) is 18.9. The van der Waals surface area contributed by atoms with Crippen LogP contribution in [0, 0.1) is 0 Å². The topological polar surface area (TPSA) is 72.0 Å². The van der Waals surface area contributed by atoms with Crippen molar-refractivity contribution in [1.82, 2.24) is 14.8 Å². The third kappa shape index (κ3) is 4.10. The largest absolute Gasteiger partial charge is 0.481 e. The summed E-state index contributed by atoms with van der Waals surface area (Å²) in [4.78, 5) is 33.0. The van der Waals surface area contributed by atoms with Crippen molar-refractivity contribution in [2.24, 2.45) is 0 Å². The number of amides is 2. The highest BCUT2D eigenvalue weighted by Gasteiger charge is 2.47. The van der Waals surface area contributed by atoms with E-state index in [9.17, 15) is 9.59 Å². The summed E-state index contributed by atoms with van der Waals surface area (Å²) in [6.07, 6.45) is 2.60. The highest BCUT2D eigenvalue weighted by atomic mass is 16.6. The standard InChI is InChI=1S/C23H27N3O4/c1-17(18-6-4-3-5-7-18)15-26-16-23(30-22(26)28)9-12-25(13-10-23)21(27)19-8-11-24-20(14-19)29-2/h3-8,11,14,17H,9-10,12-13,15-16H2,1-2H3/t17-/m1/s1. The van der Waals surface area contributed by atoms with Gasteiger partial charge in [0.1, 0.15) is 5.60 Å². The van der Waals surface area contributed by atoms with Crippen LogP contribution in [0.15, 0.2) is 48.7 Å². The van der Waals surface area contributed by atoms with Gasteiger partial charge in [0, 0.05) is 50.3 Å². The Morgan fingerprint density at radius 2 is 1.97 bits per heavy atom. The molecule has 2 aliphatic heterocycles. The molecule has 2 fully saturated rings. The second kappa shape index (κ2) is 8.34. The number of methoxy groups -OCH3 is 1. The van der Waals surface area contributed by atoms with Crippen LogP contribution in [0.1, 0.15) is 41.6 Å². The minimum Gasteiger partial charge on any atom is -0.481 e. The molecule has 1 aromatic heterocycles. The molecule has 0 aliphatic carbocycles. The number of pyridine rings is 1. The molecule has 1 spiro atoms. The van der Waals surface area contributed by atoms with Gasteiger partial charge in [-0.1, -0.05) is 37.3 Å². The van der Waals surface area contributed by atoms with E-state index in [0.29, 0.717) is 50.5 Å². The van der Waals surface area contributed by atoms with Gasteiger partial charge in [-0.2, -0.15) is 0 Å². The van der Waals surface area contributed by atoms with Crippen LogP contribution in [-0.2, 0) is 4.74 Å². The molecule has 0 saturated carbocycles. The number of hydrogen-bond donors (Lipinski definition) is 0. The Hall–Kier alpha value is -3.09. The van der Waals surface area contributed by atoms with Crippen LogP contribution < -0.4 is 4.74 Å². The molecule has 7 heteroatoms. The number of hydrogen-bond acceptors (Lipinski definition) is 5. The predicted molar refractivity (Wildman–Crippen MR) is 112 cm³/mol. The Labute approximate surface area is 176 Å². The number of rotatable bonds is 5. The molecule has 2 aliphatic rings. The summed E-state index contributed by atoms with van der Waals surface area (Å²) in [5.74, 6) is 0.601. The number of piperidine rings is 1. The number of benzene rings is 1. The SMILES string of the molecule is COc1cc(C(=O)N2CCC3(CC2)CN(C[C@@H](C)c2ccccc2)C(=O)O3)ccn1. The molecule has 7 nitrogen and oxygen atoms in total. The third-order valence-corrected chi connectivity index (χ3v) is 6.06. The van der Waals surface area contributed by atoms with Crippen molar-refractivity contribution in [3.8, 4) is 5.88 Å². The van der Waals surface area contributed by atoms with Crippen molar-refractivity contribution in [1.29, 1.82) is 0 Å². The van der Waals surface area contributed by atoms with E-state index in [1.165, 1.54) is 12.7 Å². The van der Waals surface area contributed by atoms with Crippen molar-refractivity contribution >= 4 is 12.0 Å². The molecule has 30 heavy (non-hydrogen) atoms. The van der Waals surface area contributed by atoms with E-state index in [4.69, 9.17) is 9.47 Å². The molecule has 3 heterocycles. The molecule has 0 N–H and O–H groups in total. The van der Waals surface area contributed by atoms with Crippen LogP contribution in [0.25, 0.3) is 0 Å². The number of likely N-dealkylation sites (tertiary alicyclic amines) is 1. The van der Waals surface area contributed by atoms with Gasteiger partial charge in [0.15, 0.2) is 0 Å². The number of carbonyl (C=O) groups is 2. The maximum Gasteiger partial charge on any atom is 0.410 e. The van der Waals surface area contributed by atoms with Crippen molar-refractivity contribution in [2.75, 3.05) is 33.3 Å². The summed E-state index contributed by atoms with van der Waals surface area (Å²) in [7, 11) is 1.53. The molecule has 0 unspecified atom stereocenters. The first-order chi connectivity index (χ1) is 14.5. The lowest BCUT2D eigenvalue weighted by atomic mass is 9.90. The van der Waals surface area contributed by atoms with Crippen LogP contribution in [0.3, 0.4) is 0 Å². The lowest BCUT2D eigenvalue weighted by molar-refractivity contribution is 0.00312. The Kier molecular flexibility index (Phi) is 5.61. The summed E-state index contributed by atoms with van der Waals surface area (Å²) in [6.45, 7) is 4.44. The number of aromatic nitrogens is 1. The molecular weight excluding hydrogens is 382 g/mol. The molecule has 1 aromatic carbocycles. The minimum atomic E-state index is -0.500. The highest BCUT2D eigenvalue weighted by Crippen LogP contribution is 2.34. The summed E-state index contributed by atoms with van der Waals surface area (Å²) in [5.41, 5.74) is 1.26. The molecule has 2 saturated heterocycles. The van der Waals surface area contributed by atoms with Crippen molar-refractivity contribution in [3.63, 3.8) is 0 Å². The molecule has 4 rings (SSSR count). The summed E-state index contributed by atoms with van der Waals surface area (Å²) in [6, 6.07) is 13.5. The van der Waals surface area contributed by atoms with Gasteiger partial charge in [0.05, 0.1) is 13.7 Å². The second-order valence-electron chi connectivity index (χ2n) is 8.12. The van der Waals surface area contributed by atoms with Crippen molar-refractivity contribution < 1.29 is 19.1 Å². The van der Waals surface area contributed by atoms with Gasteiger partial charge in [0.25, 0.3) is 5.91 Å². The van der Waals surface area contributed by atoms with Crippen LogP contribution in [-0.4, -0.2) is 65.7 Å². The van der Waals surface area contributed by atoms with Gasteiger partial charge in [-0.25, -0.2) is 9.78 Å². The molecule has 2 amide bonds. The molecule has 0 radical (unpaired) electrons. The van der Waals surface area contributed by atoms with Crippen LogP contribution >= 0.6 is 0 Å². The summed E-state index contributed by atoms with van der Waals surface area (Å²) in [5, 5.41) is 0. The van der Waals surface area contributed by atoms with Gasteiger partial charge in [0.2, 0.25) is 5.88 Å². The lowest BCUT2D eigenvalue weighted by Crippen LogP contribution is -2.48. The maximum absolute atomic E-state index is 12.8. The summed E-state index contributed by atoms with van der Waals surface area (Å²) < 4.78 is 10.9. The number of carbonyl (C=O) groups excluding carboxylic acids is 2. The van der Waals surface area contributed by atoms with Crippen molar-refractivity contribution in [2.45, 2.75) is 31.3 Å². The highest BCUT2D eigenvalue weighted by molar-refractivity contribution is 5.94. The van der Waals surface area contributed by atoms with E-state index in [-0.39, 0.29) is 17.9 Å². The zero-order chi connectivity index (χ0) is 21.1. The second-order valence-corrected chi connectivity index (χ2v) is 8.12. The van der Waals surface area contributed by atoms with Crippen LogP contribution in [0.5, 0.6) is 5.88 Å². The van der Waals surface area contributed by atoms with E-state index < -0.39 is 5.60 Å². The number of ether oxygens (including phenoxy) is 2. The average Bonchev–Trinajstić information content (AvgIpc) is 3.08. The Balaban J connectivity index is 1.36. The van der Waals surface area contributed by atoms with Crippen LogP contribution in [0.4, 0.5) is 4.79 Å². The van der Waals surface area contributed by atoms with Crippen molar-refractivity contribution in [3.05, 3.63) is 59.8 Å². The van der Waals surface area contributed by atoms with Gasteiger partial charge in [-0.05, 0) is 17.5 Å². The fourth-order valence-corrected chi connectivity index (χ4v) is 4.27. The van der Waals surface area contributed by atoms with E-state index in [2.05, 4.69) is 24.0 Å². The first kappa shape index (κ1) is 20.2. The van der Waals surface area contributed by atoms with Gasteiger partial charge in [-0.15, -0.1) is 0 Å². The molecular formula is C23H27N3O4. The van der Waals surface area contributed by atoms with Gasteiger partial charge < -0.3 is 19.3 Å². The Bertz CT molecular complexity index is 910. The smallest absolute Gasteiger partial charge is 0.410 e. The van der Waals surface area contributed by atoms with E-state index in [1.54, 1.807) is 18.3 Å². The zero-order valence-corrected chi connectivity index (χ0v) is 17.4.